The molecule has 0 unspecified atom stereocenters. The van der Waals surface area contributed by atoms with Crippen LogP contribution in [0.4, 0.5) is 0 Å². The van der Waals surface area contributed by atoms with Gasteiger partial charge < -0.3 is 17.0 Å². The Morgan fingerprint density at radius 2 is 1.59 bits per heavy atom. The van der Waals surface area contributed by atoms with Gasteiger partial charge in [0.1, 0.15) is 0 Å². The molecule has 2 aromatic carbocycles. The first-order valence-electron chi connectivity index (χ1n) is 5.47. The summed E-state index contributed by atoms with van der Waals surface area (Å²) in [5.41, 5.74) is 2.84. The second-order valence-electron chi connectivity index (χ2n) is 4.18. The van der Waals surface area contributed by atoms with Crippen molar-refractivity contribution in [1.82, 2.24) is 0 Å². The van der Waals surface area contributed by atoms with Crippen molar-refractivity contribution in [3.8, 4) is 0 Å². The first-order valence-corrected chi connectivity index (χ1v) is 5.47. The van der Waals surface area contributed by atoms with E-state index < -0.39 is 0 Å². The minimum Gasteiger partial charge on any atom is -1.00 e. The van der Waals surface area contributed by atoms with E-state index in [9.17, 15) is 0 Å². The Kier molecular flexibility index (Phi) is 5.56. The molecule has 0 aliphatic heterocycles. The van der Waals surface area contributed by atoms with E-state index in [0.717, 1.165) is 5.92 Å². The van der Waals surface area contributed by atoms with Crippen LogP contribution >= 0.6 is 0 Å². The van der Waals surface area contributed by atoms with Crippen molar-refractivity contribution >= 4 is 0 Å². The largest absolute Gasteiger partial charge is 1.00 e. The molecule has 1 fully saturated rings. The summed E-state index contributed by atoms with van der Waals surface area (Å²) in [7, 11) is 0. The number of hydrogen-bond acceptors (Lipinski definition) is 0. The monoisotopic (exact) mass is 336 g/mol. The van der Waals surface area contributed by atoms with Crippen LogP contribution in [-0.2, 0) is 19.5 Å². The number of benzene rings is 2. The molecule has 1 aliphatic carbocycles. The SMILES string of the molecule is [Br-].[Zn].[c]1ccccc1[C@@H]1C[C@H]1c1ccccc1. The van der Waals surface area contributed by atoms with Crippen LogP contribution in [0.5, 0.6) is 0 Å². The Bertz CT molecular complexity index is 397. The van der Waals surface area contributed by atoms with Crippen LogP contribution in [-0.4, -0.2) is 0 Å². The van der Waals surface area contributed by atoms with Crippen molar-refractivity contribution < 1.29 is 36.5 Å². The van der Waals surface area contributed by atoms with Crippen LogP contribution < -0.4 is 17.0 Å². The van der Waals surface area contributed by atoms with E-state index in [2.05, 4.69) is 48.5 Å². The summed E-state index contributed by atoms with van der Waals surface area (Å²) in [6.07, 6.45) is 1.28. The second kappa shape index (κ2) is 6.47. The van der Waals surface area contributed by atoms with Gasteiger partial charge in [0.2, 0.25) is 0 Å². The molecule has 3 rings (SSSR count). The molecule has 1 aliphatic rings. The molecule has 1 saturated carbocycles. The van der Waals surface area contributed by atoms with E-state index in [-0.39, 0.29) is 36.5 Å². The van der Waals surface area contributed by atoms with Crippen molar-refractivity contribution in [2.24, 2.45) is 0 Å². The molecule has 83 valence electrons. The van der Waals surface area contributed by atoms with Gasteiger partial charge >= 0.3 is 0 Å². The summed E-state index contributed by atoms with van der Waals surface area (Å²) in [5, 5.41) is 0. The van der Waals surface area contributed by atoms with E-state index in [1.165, 1.54) is 17.5 Å². The Morgan fingerprint density at radius 1 is 0.882 bits per heavy atom. The summed E-state index contributed by atoms with van der Waals surface area (Å²) >= 11 is 0. The first kappa shape index (κ1) is 14.6. The molecule has 0 spiro atoms. The fourth-order valence-corrected chi connectivity index (χ4v) is 2.25. The first-order chi connectivity index (χ1) is 7.45. The van der Waals surface area contributed by atoms with Gasteiger partial charge in [-0.1, -0.05) is 54.6 Å². The zero-order chi connectivity index (χ0) is 10.1. The molecule has 2 atom stereocenters. The molecule has 2 heteroatoms. The third-order valence-electron chi connectivity index (χ3n) is 3.15. The van der Waals surface area contributed by atoms with Crippen molar-refractivity contribution in [3.05, 3.63) is 71.8 Å². The minimum atomic E-state index is 0. The predicted molar refractivity (Wildman–Crippen MR) is 61.8 cm³/mol. The van der Waals surface area contributed by atoms with Crippen LogP contribution in [0.2, 0.25) is 0 Å². The smallest absolute Gasteiger partial charge is 0 e. The van der Waals surface area contributed by atoms with Crippen molar-refractivity contribution in [2.45, 2.75) is 18.3 Å². The third-order valence-corrected chi connectivity index (χ3v) is 3.15. The van der Waals surface area contributed by atoms with Crippen LogP contribution in [0, 0.1) is 6.07 Å². The average Bonchev–Trinajstić information content (AvgIpc) is 3.11. The van der Waals surface area contributed by atoms with E-state index in [4.69, 9.17) is 0 Å². The molecule has 0 heterocycles. The maximum absolute atomic E-state index is 3.33. The van der Waals surface area contributed by atoms with Crippen LogP contribution in [0.3, 0.4) is 0 Å². The summed E-state index contributed by atoms with van der Waals surface area (Å²) in [6.45, 7) is 0. The fourth-order valence-electron chi connectivity index (χ4n) is 2.25. The minimum absolute atomic E-state index is 0. The van der Waals surface area contributed by atoms with Crippen LogP contribution in [0.25, 0.3) is 0 Å². The van der Waals surface area contributed by atoms with E-state index in [1.54, 1.807) is 0 Å². The predicted octanol–water partition coefficient (Wildman–Crippen LogP) is 0.759. The van der Waals surface area contributed by atoms with Crippen LogP contribution in [0.1, 0.15) is 29.4 Å². The molecule has 2 aromatic rings. The van der Waals surface area contributed by atoms with Gasteiger partial charge in [-0.15, -0.1) is 0 Å². The fraction of sp³-hybridized carbons (Fsp3) is 0.200. The van der Waals surface area contributed by atoms with Crippen molar-refractivity contribution in [3.63, 3.8) is 0 Å². The van der Waals surface area contributed by atoms with E-state index in [1.807, 2.05) is 12.1 Å². The van der Waals surface area contributed by atoms with E-state index >= 15 is 0 Å². The van der Waals surface area contributed by atoms with Crippen molar-refractivity contribution in [2.75, 3.05) is 0 Å². The zero-order valence-electron chi connectivity index (χ0n) is 9.64. The molecule has 17 heavy (non-hydrogen) atoms. The topological polar surface area (TPSA) is 0 Å². The Labute approximate surface area is 126 Å². The van der Waals surface area contributed by atoms with Crippen LogP contribution in [0.15, 0.2) is 54.6 Å². The molecular weight excluding hydrogens is 325 g/mol. The Morgan fingerprint density at radius 3 is 2.24 bits per heavy atom. The number of rotatable bonds is 2. The van der Waals surface area contributed by atoms with Gasteiger partial charge in [-0.05, 0) is 35.4 Å². The molecule has 0 nitrogen and oxygen atoms in total. The van der Waals surface area contributed by atoms with Gasteiger partial charge in [0.25, 0.3) is 0 Å². The molecular formula is C15H13BrZn-. The summed E-state index contributed by atoms with van der Waals surface area (Å²) in [5.74, 6) is 1.43. The van der Waals surface area contributed by atoms with Gasteiger partial charge in [-0.2, -0.15) is 0 Å². The van der Waals surface area contributed by atoms with E-state index in [0.29, 0.717) is 5.92 Å². The average molecular weight is 339 g/mol. The Balaban J connectivity index is 0.000000722. The van der Waals surface area contributed by atoms with Gasteiger partial charge in [-0.3, -0.25) is 0 Å². The number of hydrogen-bond donors (Lipinski definition) is 0. The second-order valence-corrected chi connectivity index (χ2v) is 4.18. The summed E-state index contributed by atoms with van der Waals surface area (Å²) in [4.78, 5) is 0. The normalized spacial score (nSPS) is 20.9. The maximum Gasteiger partial charge on any atom is 0 e. The summed E-state index contributed by atoms with van der Waals surface area (Å²) < 4.78 is 0. The van der Waals surface area contributed by atoms with Gasteiger partial charge in [0.15, 0.2) is 0 Å². The molecule has 0 amide bonds. The van der Waals surface area contributed by atoms with Gasteiger partial charge in [-0.25, -0.2) is 0 Å². The Hall–Kier alpha value is -0.457. The maximum atomic E-state index is 3.33. The zero-order valence-corrected chi connectivity index (χ0v) is 14.2. The standard InChI is InChI=1S/C15H13.BrH.Zn/c1-3-7-12(8-4-1)14-11-15(14)13-9-5-2-6-10-13;;/h1-9,14-15H,11H2;1H;/p-1/t14-,15-;;/m0../s1. The molecule has 0 N–H and O–H groups in total. The van der Waals surface area contributed by atoms with Crippen molar-refractivity contribution in [1.29, 1.82) is 0 Å². The third kappa shape index (κ3) is 3.27. The quantitative estimate of drug-likeness (QED) is 0.709. The summed E-state index contributed by atoms with van der Waals surface area (Å²) in [6, 6.07) is 22.4. The molecule has 0 bridgehead atoms. The molecule has 0 aromatic heterocycles. The molecule has 0 saturated heterocycles. The van der Waals surface area contributed by atoms with Gasteiger partial charge in [0.05, 0.1) is 0 Å². The number of halogens is 1. The van der Waals surface area contributed by atoms with Gasteiger partial charge in [0, 0.05) is 19.5 Å². The molecule has 1 radical (unpaired) electrons.